The first-order valence-electron chi connectivity index (χ1n) is 7.08. The Kier molecular flexibility index (Phi) is 3.20. The number of hydrogen-bond donors (Lipinski definition) is 1. The van der Waals surface area contributed by atoms with Gasteiger partial charge in [0.25, 0.3) is 5.56 Å². The van der Waals surface area contributed by atoms with Crippen LogP contribution in [-0.4, -0.2) is 16.1 Å². The van der Waals surface area contributed by atoms with E-state index in [1.54, 1.807) is 6.07 Å². The standard InChI is InChI=1S/C14H21N3O/c1-10-5-6-13-16-12(8-14(18)17(13)9-10)11-4-2-3-7-15-11/h8,10-11,15H,2-7,9H2,1H3. The fraction of sp³-hybridized carbons (Fsp3) is 0.714. The van der Waals surface area contributed by atoms with Gasteiger partial charge in [0.15, 0.2) is 0 Å². The van der Waals surface area contributed by atoms with Crippen LogP contribution < -0.4 is 10.9 Å². The van der Waals surface area contributed by atoms with Gasteiger partial charge in [-0.3, -0.25) is 9.36 Å². The quantitative estimate of drug-likeness (QED) is 0.820. The Morgan fingerprint density at radius 1 is 1.39 bits per heavy atom. The molecule has 1 N–H and O–H groups in total. The van der Waals surface area contributed by atoms with Gasteiger partial charge >= 0.3 is 0 Å². The van der Waals surface area contributed by atoms with Crippen molar-refractivity contribution in [3.8, 4) is 0 Å². The topological polar surface area (TPSA) is 46.9 Å². The predicted molar refractivity (Wildman–Crippen MR) is 70.6 cm³/mol. The lowest BCUT2D eigenvalue weighted by atomic mass is 9.99. The van der Waals surface area contributed by atoms with Crippen LogP contribution in [0.15, 0.2) is 10.9 Å². The average molecular weight is 247 g/mol. The Balaban J connectivity index is 1.93. The average Bonchev–Trinajstić information content (AvgIpc) is 2.40. The molecule has 3 heterocycles. The second-order valence-corrected chi connectivity index (χ2v) is 5.69. The Labute approximate surface area is 107 Å². The molecular formula is C14H21N3O. The summed E-state index contributed by atoms with van der Waals surface area (Å²) in [7, 11) is 0. The van der Waals surface area contributed by atoms with Gasteiger partial charge in [-0.1, -0.05) is 13.3 Å². The zero-order valence-corrected chi connectivity index (χ0v) is 11.0. The van der Waals surface area contributed by atoms with Crippen molar-refractivity contribution in [1.29, 1.82) is 0 Å². The molecule has 2 aliphatic rings. The van der Waals surface area contributed by atoms with E-state index < -0.39 is 0 Å². The van der Waals surface area contributed by atoms with Crippen LogP contribution in [0.3, 0.4) is 0 Å². The van der Waals surface area contributed by atoms with Gasteiger partial charge in [-0.05, 0) is 31.7 Å². The van der Waals surface area contributed by atoms with E-state index in [0.717, 1.165) is 43.9 Å². The zero-order chi connectivity index (χ0) is 12.5. The number of aromatic nitrogens is 2. The zero-order valence-electron chi connectivity index (χ0n) is 11.0. The van der Waals surface area contributed by atoms with Crippen molar-refractivity contribution in [3.05, 3.63) is 27.9 Å². The molecule has 18 heavy (non-hydrogen) atoms. The number of nitrogens with zero attached hydrogens (tertiary/aromatic N) is 2. The molecule has 0 aliphatic carbocycles. The highest BCUT2D eigenvalue weighted by molar-refractivity contribution is 5.11. The maximum absolute atomic E-state index is 12.2. The second kappa shape index (κ2) is 4.84. The molecule has 0 saturated carbocycles. The first-order valence-corrected chi connectivity index (χ1v) is 7.08. The smallest absolute Gasteiger partial charge is 0.253 e. The minimum Gasteiger partial charge on any atom is -0.309 e. The Morgan fingerprint density at radius 3 is 3.06 bits per heavy atom. The van der Waals surface area contributed by atoms with Gasteiger partial charge in [-0.15, -0.1) is 0 Å². The summed E-state index contributed by atoms with van der Waals surface area (Å²) < 4.78 is 1.86. The molecule has 2 atom stereocenters. The van der Waals surface area contributed by atoms with E-state index in [9.17, 15) is 4.79 Å². The lowest BCUT2D eigenvalue weighted by molar-refractivity contribution is 0.366. The summed E-state index contributed by atoms with van der Waals surface area (Å²) in [6.07, 6.45) is 5.66. The summed E-state index contributed by atoms with van der Waals surface area (Å²) in [5.74, 6) is 1.58. The Morgan fingerprint density at radius 2 is 2.28 bits per heavy atom. The van der Waals surface area contributed by atoms with Gasteiger partial charge in [0.05, 0.1) is 5.69 Å². The number of fused-ring (bicyclic) bond motifs is 1. The van der Waals surface area contributed by atoms with Gasteiger partial charge in [0.1, 0.15) is 5.82 Å². The first kappa shape index (κ1) is 11.9. The Bertz CT molecular complexity index is 488. The predicted octanol–water partition coefficient (Wildman–Crippen LogP) is 1.64. The van der Waals surface area contributed by atoms with Crippen LogP contribution >= 0.6 is 0 Å². The number of hydrogen-bond acceptors (Lipinski definition) is 3. The minimum absolute atomic E-state index is 0.133. The van der Waals surface area contributed by atoms with Crippen LogP contribution in [0.25, 0.3) is 0 Å². The van der Waals surface area contributed by atoms with Crippen molar-refractivity contribution in [2.24, 2.45) is 5.92 Å². The molecule has 1 aromatic rings. The van der Waals surface area contributed by atoms with Gasteiger partial charge in [-0.2, -0.15) is 0 Å². The van der Waals surface area contributed by atoms with Gasteiger partial charge in [0.2, 0.25) is 0 Å². The van der Waals surface area contributed by atoms with Crippen LogP contribution in [0, 0.1) is 5.92 Å². The van der Waals surface area contributed by atoms with Crippen molar-refractivity contribution in [1.82, 2.24) is 14.9 Å². The Hall–Kier alpha value is -1.16. The molecular weight excluding hydrogens is 226 g/mol. The lowest BCUT2D eigenvalue weighted by Gasteiger charge is -2.26. The fourth-order valence-corrected chi connectivity index (χ4v) is 3.02. The van der Waals surface area contributed by atoms with Crippen LogP contribution in [0.2, 0.25) is 0 Å². The van der Waals surface area contributed by atoms with Crippen molar-refractivity contribution >= 4 is 0 Å². The monoisotopic (exact) mass is 247 g/mol. The van der Waals surface area contributed by atoms with Crippen LogP contribution in [0.1, 0.15) is 50.2 Å². The van der Waals surface area contributed by atoms with E-state index in [0.29, 0.717) is 5.92 Å². The van der Waals surface area contributed by atoms with Crippen LogP contribution in [0.4, 0.5) is 0 Å². The number of nitrogens with one attached hydrogen (secondary N) is 1. The van der Waals surface area contributed by atoms with Crippen LogP contribution in [-0.2, 0) is 13.0 Å². The van der Waals surface area contributed by atoms with Gasteiger partial charge in [-0.25, -0.2) is 4.98 Å². The number of aryl methyl sites for hydroxylation is 1. The SMILES string of the molecule is CC1CCc2nc(C3CCCCN3)cc(=O)n2C1. The van der Waals surface area contributed by atoms with Gasteiger partial charge in [0, 0.05) is 25.1 Å². The van der Waals surface area contributed by atoms with Crippen molar-refractivity contribution < 1.29 is 0 Å². The molecule has 0 spiro atoms. The van der Waals surface area contributed by atoms with E-state index >= 15 is 0 Å². The molecule has 0 bridgehead atoms. The summed E-state index contributed by atoms with van der Waals surface area (Å²) in [5, 5.41) is 3.47. The van der Waals surface area contributed by atoms with Crippen molar-refractivity contribution in [3.63, 3.8) is 0 Å². The summed E-state index contributed by atoms with van der Waals surface area (Å²) >= 11 is 0. The van der Waals surface area contributed by atoms with E-state index in [1.807, 2.05) is 4.57 Å². The largest absolute Gasteiger partial charge is 0.309 e. The molecule has 4 heteroatoms. The van der Waals surface area contributed by atoms with Crippen molar-refractivity contribution in [2.75, 3.05) is 6.54 Å². The van der Waals surface area contributed by atoms with E-state index in [2.05, 4.69) is 12.2 Å². The first-order chi connectivity index (χ1) is 8.74. The molecule has 0 radical (unpaired) electrons. The molecule has 3 rings (SSSR count). The lowest BCUT2D eigenvalue weighted by Crippen LogP contribution is -2.35. The third-order valence-corrected chi connectivity index (χ3v) is 4.13. The second-order valence-electron chi connectivity index (χ2n) is 5.69. The molecule has 98 valence electrons. The molecule has 0 aromatic carbocycles. The van der Waals surface area contributed by atoms with Gasteiger partial charge < -0.3 is 5.32 Å². The van der Waals surface area contributed by atoms with E-state index in [1.165, 1.54) is 12.8 Å². The maximum Gasteiger partial charge on any atom is 0.253 e. The summed E-state index contributed by atoms with van der Waals surface area (Å²) in [6.45, 7) is 4.08. The molecule has 1 fully saturated rings. The fourth-order valence-electron chi connectivity index (χ4n) is 3.02. The molecule has 0 amide bonds. The normalized spacial score (nSPS) is 27.8. The third-order valence-electron chi connectivity index (χ3n) is 4.13. The molecule has 1 saturated heterocycles. The van der Waals surface area contributed by atoms with Crippen LogP contribution in [0.5, 0.6) is 0 Å². The molecule has 4 nitrogen and oxygen atoms in total. The maximum atomic E-state index is 12.2. The highest BCUT2D eigenvalue weighted by Gasteiger charge is 2.21. The highest BCUT2D eigenvalue weighted by Crippen LogP contribution is 2.22. The minimum atomic E-state index is 0.133. The third kappa shape index (κ3) is 2.21. The molecule has 2 aliphatic heterocycles. The van der Waals surface area contributed by atoms with E-state index in [4.69, 9.17) is 4.98 Å². The number of piperidine rings is 1. The highest BCUT2D eigenvalue weighted by atomic mass is 16.1. The van der Waals surface area contributed by atoms with E-state index in [-0.39, 0.29) is 11.6 Å². The summed E-state index contributed by atoms with van der Waals surface area (Å²) in [6, 6.07) is 2.03. The molecule has 1 aromatic heterocycles. The summed E-state index contributed by atoms with van der Waals surface area (Å²) in [5.41, 5.74) is 1.09. The van der Waals surface area contributed by atoms with Crippen molar-refractivity contribution in [2.45, 2.75) is 51.6 Å². The molecule has 2 unspecified atom stereocenters. The number of rotatable bonds is 1. The summed E-state index contributed by atoms with van der Waals surface area (Å²) in [4.78, 5) is 16.9.